The first kappa shape index (κ1) is 32.1. The average molecular weight is 651 g/mol. The van der Waals surface area contributed by atoms with Crippen molar-refractivity contribution in [3.8, 4) is 0 Å². The maximum atomic E-state index is 14.2. The molecule has 0 aliphatic heterocycles. The Morgan fingerprint density at radius 3 is 2.12 bits per heavy atom. The summed E-state index contributed by atoms with van der Waals surface area (Å²) in [7, 11) is -4.21. The third-order valence-corrected chi connectivity index (χ3v) is 10.5. The zero-order valence-electron chi connectivity index (χ0n) is 23.5. The van der Waals surface area contributed by atoms with Gasteiger partial charge in [0, 0.05) is 33.2 Å². The molecular weight excluding hydrogens is 617 g/mol. The zero-order chi connectivity index (χ0) is 30.4. The van der Waals surface area contributed by atoms with Crippen LogP contribution in [0.3, 0.4) is 0 Å². The molecule has 4 rings (SSSR count). The van der Waals surface area contributed by atoms with Crippen LogP contribution in [0.25, 0.3) is 0 Å². The predicted octanol–water partition coefficient (Wildman–Crippen LogP) is 7.02. The largest absolute Gasteiger partial charge is 0.352 e. The zero-order valence-corrected chi connectivity index (χ0v) is 26.6. The number of carbonyl (C=O) groups excluding carboxylic acids is 2. The summed E-state index contributed by atoms with van der Waals surface area (Å²) in [5.74, 6) is -0.925. The Labute approximate surface area is 262 Å². The first-order valence-electron chi connectivity index (χ1n) is 13.9. The van der Waals surface area contributed by atoms with Crippen LogP contribution in [-0.4, -0.2) is 43.8 Å². The lowest BCUT2D eigenvalue weighted by atomic mass is 9.95. The SMILES string of the molecule is Cc1c(Cl)cccc1N(CC(=O)N(Cc1c(Cl)cccc1Cl)[C@@H](C)C(=O)NC1CCCCC1)S(=O)(=O)c1ccccc1. The van der Waals surface area contributed by atoms with Crippen molar-refractivity contribution < 1.29 is 18.0 Å². The molecule has 0 unspecified atom stereocenters. The Morgan fingerprint density at radius 1 is 0.881 bits per heavy atom. The molecule has 0 spiro atoms. The van der Waals surface area contributed by atoms with Gasteiger partial charge in [-0.05, 0) is 68.7 Å². The summed E-state index contributed by atoms with van der Waals surface area (Å²) in [5.41, 5.74) is 1.22. The van der Waals surface area contributed by atoms with Crippen LogP contribution in [0.1, 0.15) is 50.2 Å². The summed E-state index contributed by atoms with van der Waals surface area (Å²) < 4.78 is 29.0. The molecule has 1 N–H and O–H groups in total. The summed E-state index contributed by atoms with van der Waals surface area (Å²) in [6.07, 6.45) is 4.94. The summed E-state index contributed by atoms with van der Waals surface area (Å²) >= 11 is 19.3. The van der Waals surface area contributed by atoms with E-state index < -0.39 is 28.5 Å². The molecular formula is C31H34Cl3N3O4S. The molecule has 1 fully saturated rings. The minimum absolute atomic E-state index is 0.0148. The quantitative estimate of drug-likeness (QED) is 0.256. The van der Waals surface area contributed by atoms with Crippen molar-refractivity contribution in [2.75, 3.05) is 10.8 Å². The van der Waals surface area contributed by atoms with E-state index in [1.807, 2.05) is 0 Å². The van der Waals surface area contributed by atoms with Crippen molar-refractivity contribution in [2.45, 2.75) is 69.5 Å². The van der Waals surface area contributed by atoms with Crippen LogP contribution in [0.15, 0.2) is 71.6 Å². The average Bonchev–Trinajstić information content (AvgIpc) is 2.98. The summed E-state index contributed by atoms with van der Waals surface area (Å²) in [5, 5.41) is 4.10. The van der Waals surface area contributed by atoms with Gasteiger partial charge in [0.15, 0.2) is 0 Å². The first-order chi connectivity index (χ1) is 20.0. The number of hydrogen-bond acceptors (Lipinski definition) is 4. The Hall–Kier alpha value is -2.78. The maximum Gasteiger partial charge on any atom is 0.264 e. The minimum Gasteiger partial charge on any atom is -0.352 e. The molecule has 0 saturated heterocycles. The van der Waals surface area contributed by atoms with E-state index in [9.17, 15) is 18.0 Å². The van der Waals surface area contributed by atoms with E-state index in [1.165, 1.54) is 17.0 Å². The van der Waals surface area contributed by atoms with Gasteiger partial charge in [-0.2, -0.15) is 0 Å². The van der Waals surface area contributed by atoms with E-state index in [0.29, 0.717) is 26.2 Å². The highest BCUT2D eigenvalue weighted by Gasteiger charge is 2.34. The van der Waals surface area contributed by atoms with Crippen LogP contribution in [-0.2, 0) is 26.2 Å². The van der Waals surface area contributed by atoms with E-state index in [0.717, 1.165) is 36.4 Å². The highest BCUT2D eigenvalue weighted by atomic mass is 35.5. The standard InChI is InChI=1S/C31H34Cl3N3O4S/c1-21-26(32)15-10-18-29(21)37(42(40,41)24-13-7-4-8-14-24)20-30(38)36(19-25-27(33)16-9-17-28(25)34)22(2)31(39)35-23-11-5-3-6-12-23/h4,7-10,13-18,22-23H,3,5-6,11-12,19-20H2,1-2H3,(H,35,39)/t22-/m0/s1. The van der Waals surface area contributed by atoms with Gasteiger partial charge in [0.25, 0.3) is 10.0 Å². The highest BCUT2D eigenvalue weighted by Crippen LogP contribution is 2.32. The van der Waals surface area contributed by atoms with Gasteiger partial charge in [-0.25, -0.2) is 8.42 Å². The van der Waals surface area contributed by atoms with E-state index >= 15 is 0 Å². The monoisotopic (exact) mass is 649 g/mol. The molecule has 1 aliphatic carbocycles. The molecule has 1 atom stereocenters. The second kappa shape index (κ2) is 14.1. The number of sulfonamides is 1. The lowest BCUT2D eigenvalue weighted by Gasteiger charge is -2.34. The Kier molecular flexibility index (Phi) is 10.8. The normalized spacial score (nSPS) is 14.7. The molecule has 0 heterocycles. The van der Waals surface area contributed by atoms with Crippen LogP contribution in [0.5, 0.6) is 0 Å². The van der Waals surface area contributed by atoms with Gasteiger partial charge in [-0.3, -0.25) is 13.9 Å². The topological polar surface area (TPSA) is 86.8 Å². The predicted molar refractivity (Wildman–Crippen MR) is 169 cm³/mol. The van der Waals surface area contributed by atoms with Gasteiger partial charge in [-0.15, -0.1) is 0 Å². The second-order valence-corrected chi connectivity index (χ2v) is 13.5. The molecule has 3 aromatic rings. The van der Waals surface area contributed by atoms with Crippen molar-refractivity contribution in [3.63, 3.8) is 0 Å². The fourth-order valence-corrected chi connectivity index (χ4v) is 7.28. The molecule has 0 bridgehead atoms. The van der Waals surface area contributed by atoms with Gasteiger partial charge in [0.05, 0.1) is 10.6 Å². The number of nitrogens with one attached hydrogen (secondary N) is 1. The maximum absolute atomic E-state index is 14.2. The summed E-state index contributed by atoms with van der Waals surface area (Å²) in [6, 6.07) is 16.8. The molecule has 7 nitrogen and oxygen atoms in total. The number of halogens is 3. The molecule has 224 valence electrons. The molecule has 11 heteroatoms. The van der Waals surface area contributed by atoms with E-state index in [4.69, 9.17) is 34.8 Å². The molecule has 3 aromatic carbocycles. The van der Waals surface area contributed by atoms with Gasteiger partial charge in [-0.1, -0.05) is 84.4 Å². The number of nitrogens with zero attached hydrogens (tertiary/aromatic N) is 2. The van der Waals surface area contributed by atoms with Crippen LogP contribution < -0.4 is 9.62 Å². The number of rotatable bonds is 10. The number of benzene rings is 3. The van der Waals surface area contributed by atoms with E-state index in [2.05, 4.69) is 5.32 Å². The number of amides is 2. The van der Waals surface area contributed by atoms with Crippen molar-refractivity contribution in [3.05, 3.63) is 92.9 Å². The molecule has 1 aliphatic rings. The molecule has 2 amide bonds. The van der Waals surface area contributed by atoms with Crippen LogP contribution in [0, 0.1) is 6.92 Å². The van der Waals surface area contributed by atoms with Gasteiger partial charge in [0.1, 0.15) is 12.6 Å². The minimum atomic E-state index is -4.21. The van der Waals surface area contributed by atoms with Crippen LogP contribution >= 0.6 is 34.8 Å². The van der Waals surface area contributed by atoms with E-state index in [-0.39, 0.29) is 29.1 Å². The highest BCUT2D eigenvalue weighted by molar-refractivity contribution is 7.92. The summed E-state index contributed by atoms with van der Waals surface area (Å²) in [4.78, 5) is 29.0. The van der Waals surface area contributed by atoms with Crippen molar-refractivity contribution in [1.82, 2.24) is 10.2 Å². The fourth-order valence-electron chi connectivity index (χ4n) is 5.10. The van der Waals surface area contributed by atoms with Crippen molar-refractivity contribution >= 4 is 62.3 Å². The van der Waals surface area contributed by atoms with Gasteiger partial charge < -0.3 is 10.2 Å². The lowest BCUT2D eigenvalue weighted by Crippen LogP contribution is -2.53. The number of anilines is 1. The van der Waals surface area contributed by atoms with Crippen molar-refractivity contribution in [2.24, 2.45) is 0 Å². The second-order valence-electron chi connectivity index (χ2n) is 10.5. The molecule has 42 heavy (non-hydrogen) atoms. The number of hydrogen-bond donors (Lipinski definition) is 1. The Balaban J connectivity index is 1.73. The smallest absolute Gasteiger partial charge is 0.264 e. The van der Waals surface area contributed by atoms with Crippen LogP contribution in [0.2, 0.25) is 15.1 Å². The van der Waals surface area contributed by atoms with Gasteiger partial charge >= 0.3 is 0 Å². The third-order valence-electron chi connectivity index (χ3n) is 7.63. The van der Waals surface area contributed by atoms with E-state index in [1.54, 1.807) is 68.4 Å². The van der Waals surface area contributed by atoms with Crippen LogP contribution in [0.4, 0.5) is 5.69 Å². The third kappa shape index (κ3) is 7.40. The first-order valence-corrected chi connectivity index (χ1v) is 16.4. The number of carbonyl (C=O) groups is 2. The molecule has 1 saturated carbocycles. The fraction of sp³-hybridized carbons (Fsp3) is 0.355. The lowest BCUT2D eigenvalue weighted by molar-refractivity contribution is -0.139. The summed E-state index contributed by atoms with van der Waals surface area (Å²) in [6.45, 7) is 2.64. The van der Waals surface area contributed by atoms with Crippen molar-refractivity contribution in [1.29, 1.82) is 0 Å². The molecule has 0 aromatic heterocycles. The Morgan fingerprint density at radius 2 is 1.48 bits per heavy atom. The Bertz CT molecular complexity index is 1510. The van der Waals surface area contributed by atoms with Gasteiger partial charge in [0.2, 0.25) is 11.8 Å². The molecule has 0 radical (unpaired) electrons.